The lowest BCUT2D eigenvalue weighted by Gasteiger charge is -2.10. The third kappa shape index (κ3) is 3.69. The van der Waals surface area contributed by atoms with Crippen molar-refractivity contribution in [2.45, 2.75) is 12.5 Å². The van der Waals surface area contributed by atoms with Crippen molar-refractivity contribution in [1.29, 1.82) is 0 Å². The van der Waals surface area contributed by atoms with Crippen LogP contribution in [0.2, 0.25) is 0 Å². The van der Waals surface area contributed by atoms with Gasteiger partial charge in [0.15, 0.2) is 0 Å². The molecule has 3 N–H and O–H groups in total. The summed E-state index contributed by atoms with van der Waals surface area (Å²) in [6.07, 6.45) is 2.72. The summed E-state index contributed by atoms with van der Waals surface area (Å²) in [4.78, 5) is 11.5. The third-order valence-electron chi connectivity index (χ3n) is 1.76. The molecule has 0 unspecified atom stereocenters. The molecule has 0 bridgehead atoms. The number of amides is 1. The molecule has 0 aliphatic carbocycles. The number of carbonyl (C=O) groups is 1. The van der Waals surface area contributed by atoms with Gasteiger partial charge in [0.1, 0.15) is 0 Å². The Morgan fingerprint density at radius 3 is 3.14 bits per heavy atom. The molecule has 78 valence electrons. The zero-order chi connectivity index (χ0) is 10.4. The van der Waals surface area contributed by atoms with Crippen LogP contribution in [0.4, 0.5) is 5.69 Å². The van der Waals surface area contributed by atoms with Crippen LogP contribution in [0.1, 0.15) is 6.42 Å². The van der Waals surface area contributed by atoms with Crippen molar-refractivity contribution in [2.24, 2.45) is 5.73 Å². The van der Waals surface area contributed by atoms with E-state index in [4.69, 9.17) is 5.73 Å². The molecule has 1 aromatic rings. The van der Waals surface area contributed by atoms with Crippen LogP contribution >= 0.6 is 23.1 Å². The third-order valence-corrected chi connectivity index (χ3v) is 3.09. The first kappa shape index (κ1) is 11.6. The van der Waals surface area contributed by atoms with Gasteiger partial charge in [-0.1, -0.05) is 0 Å². The average Bonchev–Trinajstić information content (AvgIpc) is 2.66. The van der Waals surface area contributed by atoms with Crippen LogP contribution in [-0.2, 0) is 4.79 Å². The molecule has 14 heavy (non-hydrogen) atoms. The van der Waals surface area contributed by atoms with Gasteiger partial charge >= 0.3 is 0 Å². The van der Waals surface area contributed by atoms with E-state index < -0.39 is 6.04 Å². The van der Waals surface area contributed by atoms with Crippen LogP contribution in [0, 0.1) is 0 Å². The Bertz CT molecular complexity index is 274. The zero-order valence-electron chi connectivity index (χ0n) is 8.03. The molecule has 1 heterocycles. The maximum absolute atomic E-state index is 11.5. The number of nitrogens with two attached hydrogens (primary N) is 1. The van der Waals surface area contributed by atoms with Gasteiger partial charge in [-0.25, -0.2) is 0 Å². The van der Waals surface area contributed by atoms with Gasteiger partial charge in [0.2, 0.25) is 5.91 Å². The van der Waals surface area contributed by atoms with Gasteiger partial charge in [-0.05, 0) is 29.9 Å². The monoisotopic (exact) mass is 230 g/mol. The highest BCUT2D eigenvalue weighted by molar-refractivity contribution is 7.98. The Hall–Kier alpha value is -0.520. The second kappa shape index (κ2) is 6.06. The van der Waals surface area contributed by atoms with Crippen molar-refractivity contribution in [2.75, 3.05) is 17.3 Å². The summed E-state index contributed by atoms with van der Waals surface area (Å²) in [6, 6.07) is 1.46. The summed E-state index contributed by atoms with van der Waals surface area (Å²) in [5, 5.41) is 6.58. The second-order valence-corrected chi connectivity index (χ2v) is 4.65. The van der Waals surface area contributed by atoms with Gasteiger partial charge in [0.05, 0.1) is 11.7 Å². The van der Waals surface area contributed by atoms with Gasteiger partial charge in [0, 0.05) is 5.38 Å². The van der Waals surface area contributed by atoms with Crippen molar-refractivity contribution < 1.29 is 4.79 Å². The fourth-order valence-corrected chi connectivity index (χ4v) is 2.02. The first-order valence-electron chi connectivity index (χ1n) is 4.31. The van der Waals surface area contributed by atoms with Crippen molar-refractivity contribution in [1.82, 2.24) is 0 Å². The van der Waals surface area contributed by atoms with Crippen LogP contribution in [0.25, 0.3) is 0 Å². The highest BCUT2D eigenvalue weighted by Crippen LogP contribution is 2.12. The topological polar surface area (TPSA) is 55.1 Å². The molecule has 1 aromatic heterocycles. The standard InChI is InChI=1S/C9H14N2OS2/c1-13-4-3-8(10)9(12)11-7-2-5-14-6-7/h2,5-6,8H,3-4,10H2,1H3,(H,11,12)/t8-/m1/s1. The van der Waals surface area contributed by atoms with E-state index in [1.54, 1.807) is 23.1 Å². The second-order valence-electron chi connectivity index (χ2n) is 2.89. The summed E-state index contributed by atoms with van der Waals surface area (Å²) in [6.45, 7) is 0. The lowest BCUT2D eigenvalue weighted by Crippen LogP contribution is -2.35. The number of hydrogen-bond acceptors (Lipinski definition) is 4. The molecule has 0 aliphatic heterocycles. The van der Waals surface area contributed by atoms with E-state index >= 15 is 0 Å². The highest BCUT2D eigenvalue weighted by atomic mass is 32.2. The molecule has 5 heteroatoms. The Morgan fingerprint density at radius 1 is 1.79 bits per heavy atom. The Morgan fingerprint density at radius 2 is 2.57 bits per heavy atom. The predicted octanol–water partition coefficient (Wildman–Crippen LogP) is 1.77. The average molecular weight is 230 g/mol. The van der Waals surface area contributed by atoms with Crippen LogP contribution in [-0.4, -0.2) is 24.0 Å². The number of anilines is 1. The summed E-state index contributed by atoms with van der Waals surface area (Å²) >= 11 is 3.25. The van der Waals surface area contributed by atoms with Crippen LogP contribution in [0.3, 0.4) is 0 Å². The molecule has 0 radical (unpaired) electrons. The molecule has 0 saturated carbocycles. The number of hydrogen-bond donors (Lipinski definition) is 2. The Balaban J connectivity index is 2.34. The molecule has 0 saturated heterocycles. The van der Waals surface area contributed by atoms with Crippen LogP contribution in [0.15, 0.2) is 16.8 Å². The van der Waals surface area contributed by atoms with E-state index in [9.17, 15) is 4.79 Å². The fourth-order valence-electron chi connectivity index (χ4n) is 0.946. The molecular formula is C9H14N2OS2. The van der Waals surface area contributed by atoms with Crippen molar-refractivity contribution in [3.63, 3.8) is 0 Å². The van der Waals surface area contributed by atoms with Gasteiger partial charge in [0.25, 0.3) is 0 Å². The van der Waals surface area contributed by atoms with Crippen molar-refractivity contribution in [3.8, 4) is 0 Å². The molecule has 0 fully saturated rings. The molecule has 0 spiro atoms. The molecule has 1 atom stereocenters. The normalized spacial score (nSPS) is 12.4. The van der Waals surface area contributed by atoms with E-state index in [1.807, 2.05) is 23.1 Å². The van der Waals surface area contributed by atoms with E-state index in [0.29, 0.717) is 0 Å². The minimum atomic E-state index is -0.401. The minimum absolute atomic E-state index is 0.0996. The molecule has 0 aliphatic rings. The Labute approximate surface area is 92.1 Å². The van der Waals surface area contributed by atoms with E-state index in [0.717, 1.165) is 17.9 Å². The number of carbonyl (C=O) groups excluding carboxylic acids is 1. The van der Waals surface area contributed by atoms with Gasteiger partial charge in [-0.15, -0.1) is 0 Å². The van der Waals surface area contributed by atoms with Gasteiger partial charge in [-0.2, -0.15) is 23.1 Å². The number of thiophene rings is 1. The summed E-state index contributed by atoms with van der Waals surface area (Å²) in [5.41, 5.74) is 6.53. The largest absolute Gasteiger partial charge is 0.324 e. The minimum Gasteiger partial charge on any atom is -0.324 e. The smallest absolute Gasteiger partial charge is 0.241 e. The molecular weight excluding hydrogens is 216 g/mol. The zero-order valence-corrected chi connectivity index (χ0v) is 9.66. The predicted molar refractivity (Wildman–Crippen MR) is 63.9 cm³/mol. The van der Waals surface area contributed by atoms with Crippen LogP contribution in [0.5, 0.6) is 0 Å². The quantitative estimate of drug-likeness (QED) is 0.810. The Kier molecular flexibility index (Phi) is 5.00. The number of rotatable bonds is 5. The lowest BCUT2D eigenvalue weighted by molar-refractivity contribution is -0.117. The number of nitrogens with one attached hydrogen (secondary N) is 1. The van der Waals surface area contributed by atoms with E-state index in [-0.39, 0.29) is 5.91 Å². The summed E-state index contributed by atoms with van der Waals surface area (Å²) in [7, 11) is 0. The molecule has 1 rings (SSSR count). The van der Waals surface area contributed by atoms with Crippen molar-refractivity contribution >= 4 is 34.7 Å². The summed E-state index contributed by atoms with van der Waals surface area (Å²) in [5.74, 6) is 0.815. The highest BCUT2D eigenvalue weighted by Gasteiger charge is 2.12. The van der Waals surface area contributed by atoms with E-state index in [2.05, 4.69) is 5.32 Å². The van der Waals surface area contributed by atoms with Crippen LogP contribution < -0.4 is 11.1 Å². The fraction of sp³-hybridized carbons (Fsp3) is 0.444. The van der Waals surface area contributed by atoms with Gasteiger partial charge < -0.3 is 11.1 Å². The first-order chi connectivity index (χ1) is 6.74. The first-order valence-corrected chi connectivity index (χ1v) is 6.65. The maximum atomic E-state index is 11.5. The number of thioether (sulfide) groups is 1. The van der Waals surface area contributed by atoms with Gasteiger partial charge in [-0.3, -0.25) is 4.79 Å². The molecule has 0 aromatic carbocycles. The molecule has 1 amide bonds. The van der Waals surface area contributed by atoms with Crippen molar-refractivity contribution in [3.05, 3.63) is 16.8 Å². The van der Waals surface area contributed by atoms with E-state index in [1.165, 1.54) is 0 Å². The lowest BCUT2D eigenvalue weighted by atomic mass is 10.2. The molecule has 3 nitrogen and oxygen atoms in total. The summed E-state index contributed by atoms with van der Waals surface area (Å²) < 4.78 is 0. The SMILES string of the molecule is CSCC[C@@H](N)C(=O)Nc1ccsc1. The maximum Gasteiger partial charge on any atom is 0.241 e.